The minimum Gasteiger partial charge on any atom is -0.393 e. The number of anilines is 4. The summed E-state index contributed by atoms with van der Waals surface area (Å²) in [6, 6.07) is 0.477. The third-order valence-electron chi connectivity index (χ3n) is 3.24. The SMILES string of the molecule is Nc1c(Nc2nccs2)ncnc1NC1CCCC1. The van der Waals surface area contributed by atoms with Crippen LogP contribution in [-0.2, 0) is 0 Å². The molecule has 7 heteroatoms. The topological polar surface area (TPSA) is 88.8 Å². The van der Waals surface area contributed by atoms with Crippen molar-refractivity contribution in [2.24, 2.45) is 0 Å². The second-order valence-electron chi connectivity index (χ2n) is 4.57. The molecule has 2 aromatic rings. The summed E-state index contributed by atoms with van der Waals surface area (Å²) in [5, 5.41) is 9.18. The molecular formula is C12H16N6S. The third kappa shape index (κ3) is 2.76. The highest BCUT2D eigenvalue weighted by Crippen LogP contribution is 2.29. The Balaban J connectivity index is 1.77. The van der Waals surface area contributed by atoms with E-state index < -0.39 is 0 Å². The van der Waals surface area contributed by atoms with Crippen molar-refractivity contribution in [1.29, 1.82) is 0 Å². The van der Waals surface area contributed by atoms with Crippen molar-refractivity contribution >= 4 is 33.8 Å². The van der Waals surface area contributed by atoms with Crippen LogP contribution in [0, 0.1) is 0 Å². The molecule has 0 amide bonds. The monoisotopic (exact) mass is 276 g/mol. The van der Waals surface area contributed by atoms with Gasteiger partial charge in [-0.3, -0.25) is 0 Å². The van der Waals surface area contributed by atoms with Crippen LogP contribution in [0.4, 0.5) is 22.5 Å². The van der Waals surface area contributed by atoms with Crippen LogP contribution in [-0.4, -0.2) is 21.0 Å². The molecule has 100 valence electrons. The molecule has 0 bridgehead atoms. The van der Waals surface area contributed by atoms with E-state index in [9.17, 15) is 0 Å². The Labute approximate surface area is 115 Å². The van der Waals surface area contributed by atoms with Gasteiger partial charge in [-0.15, -0.1) is 11.3 Å². The van der Waals surface area contributed by atoms with Crippen molar-refractivity contribution in [1.82, 2.24) is 15.0 Å². The normalized spacial score (nSPS) is 15.6. The summed E-state index contributed by atoms with van der Waals surface area (Å²) >= 11 is 1.51. The minimum absolute atomic E-state index is 0.477. The van der Waals surface area contributed by atoms with Gasteiger partial charge in [0.05, 0.1) is 0 Å². The lowest BCUT2D eigenvalue weighted by Gasteiger charge is -2.15. The number of hydrogen-bond donors (Lipinski definition) is 3. The standard InChI is InChI=1S/C12H16N6S/c13-9-10(17-8-3-1-2-4-8)15-7-16-11(9)18-12-14-5-6-19-12/h5-8H,1-4,13H2,(H2,14,15,16,17,18). The first-order valence-corrected chi connectivity index (χ1v) is 7.24. The zero-order valence-electron chi connectivity index (χ0n) is 10.5. The highest BCUT2D eigenvalue weighted by Gasteiger charge is 2.17. The van der Waals surface area contributed by atoms with Gasteiger partial charge in [-0.2, -0.15) is 0 Å². The maximum absolute atomic E-state index is 6.10. The molecule has 0 spiro atoms. The zero-order chi connectivity index (χ0) is 13.1. The second kappa shape index (κ2) is 5.40. The van der Waals surface area contributed by atoms with E-state index in [0.29, 0.717) is 23.4 Å². The summed E-state index contributed by atoms with van der Waals surface area (Å²) in [7, 11) is 0. The smallest absolute Gasteiger partial charge is 0.188 e. The summed E-state index contributed by atoms with van der Waals surface area (Å²) in [5.74, 6) is 1.31. The summed E-state index contributed by atoms with van der Waals surface area (Å²) < 4.78 is 0. The van der Waals surface area contributed by atoms with Crippen molar-refractivity contribution in [3.8, 4) is 0 Å². The number of nitrogen functional groups attached to an aromatic ring is 1. The molecule has 2 aromatic heterocycles. The molecule has 1 saturated carbocycles. The van der Waals surface area contributed by atoms with Crippen molar-refractivity contribution in [3.05, 3.63) is 17.9 Å². The number of rotatable bonds is 4. The van der Waals surface area contributed by atoms with E-state index in [1.165, 1.54) is 43.3 Å². The van der Waals surface area contributed by atoms with E-state index in [4.69, 9.17) is 5.73 Å². The Bertz CT molecular complexity index is 535. The molecule has 3 rings (SSSR count). The van der Waals surface area contributed by atoms with E-state index in [-0.39, 0.29) is 0 Å². The highest BCUT2D eigenvalue weighted by molar-refractivity contribution is 7.13. The molecule has 1 aliphatic rings. The number of nitrogens with two attached hydrogens (primary N) is 1. The van der Waals surface area contributed by atoms with E-state index in [2.05, 4.69) is 25.6 Å². The van der Waals surface area contributed by atoms with Gasteiger partial charge in [0.25, 0.3) is 0 Å². The maximum atomic E-state index is 6.10. The van der Waals surface area contributed by atoms with Crippen molar-refractivity contribution in [3.63, 3.8) is 0 Å². The van der Waals surface area contributed by atoms with Crippen LogP contribution in [0.5, 0.6) is 0 Å². The van der Waals surface area contributed by atoms with E-state index in [1.807, 2.05) is 5.38 Å². The summed E-state index contributed by atoms with van der Waals surface area (Å²) in [4.78, 5) is 12.6. The van der Waals surface area contributed by atoms with Crippen LogP contribution in [0.15, 0.2) is 17.9 Å². The van der Waals surface area contributed by atoms with Gasteiger partial charge in [0, 0.05) is 17.6 Å². The van der Waals surface area contributed by atoms with Crippen molar-refractivity contribution < 1.29 is 0 Å². The van der Waals surface area contributed by atoms with Crippen LogP contribution in [0.25, 0.3) is 0 Å². The predicted molar refractivity (Wildman–Crippen MR) is 77.7 cm³/mol. The Morgan fingerprint density at radius 2 is 1.95 bits per heavy atom. The Hall–Kier alpha value is -1.89. The van der Waals surface area contributed by atoms with Crippen LogP contribution < -0.4 is 16.4 Å². The van der Waals surface area contributed by atoms with Crippen LogP contribution in [0.2, 0.25) is 0 Å². The Morgan fingerprint density at radius 3 is 2.68 bits per heavy atom. The number of thiazole rings is 1. The molecule has 19 heavy (non-hydrogen) atoms. The van der Waals surface area contributed by atoms with Gasteiger partial charge in [0.15, 0.2) is 16.8 Å². The first kappa shape index (κ1) is 12.2. The molecule has 4 N–H and O–H groups in total. The summed E-state index contributed by atoms with van der Waals surface area (Å²) in [6.07, 6.45) is 8.16. The van der Waals surface area contributed by atoms with Crippen LogP contribution in [0.1, 0.15) is 25.7 Å². The maximum Gasteiger partial charge on any atom is 0.188 e. The zero-order valence-corrected chi connectivity index (χ0v) is 11.3. The van der Waals surface area contributed by atoms with E-state index in [1.54, 1.807) is 6.20 Å². The Morgan fingerprint density at radius 1 is 1.16 bits per heavy atom. The quantitative estimate of drug-likeness (QED) is 0.795. The van der Waals surface area contributed by atoms with E-state index >= 15 is 0 Å². The van der Waals surface area contributed by atoms with E-state index in [0.717, 1.165) is 5.13 Å². The lowest BCUT2D eigenvalue weighted by Crippen LogP contribution is -2.17. The molecule has 0 saturated heterocycles. The minimum atomic E-state index is 0.477. The van der Waals surface area contributed by atoms with Crippen molar-refractivity contribution in [2.75, 3.05) is 16.4 Å². The number of nitrogens with zero attached hydrogens (tertiary/aromatic N) is 3. The molecule has 2 heterocycles. The lowest BCUT2D eigenvalue weighted by atomic mass is 10.2. The largest absolute Gasteiger partial charge is 0.393 e. The fourth-order valence-electron chi connectivity index (χ4n) is 2.26. The summed E-state index contributed by atoms with van der Waals surface area (Å²) in [5.41, 5.74) is 6.65. The van der Waals surface area contributed by atoms with Gasteiger partial charge in [-0.1, -0.05) is 12.8 Å². The Kier molecular flexibility index (Phi) is 3.45. The average molecular weight is 276 g/mol. The molecule has 6 nitrogen and oxygen atoms in total. The molecule has 0 atom stereocenters. The van der Waals surface area contributed by atoms with Gasteiger partial charge in [-0.25, -0.2) is 15.0 Å². The highest BCUT2D eigenvalue weighted by atomic mass is 32.1. The first-order valence-electron chi connectivity index (χ1n) is 6.36. The molecule has 0 aliphatic heterocycles. The van der Waals surface area contributed by atoms with Crippen molar-refractivity contribution in [2.45, 2.75) is 31.7 Å². The summed E-state index contributed by atoms with van der Waals surface area (Å²) in [6.45, 7) is 0. The van der Waals surface area contributed by atoms with Gasteiger partial charge >= 0.3 is 0 Å². The molecule has 1 aliphatic carbocycles. The molecule has 0 aromatic carbocycles. The number of aromatic nitrogens is 3. The van der Waals surface area contributed by atoms with Crippen LogP contribution >= 0.6 is 11.3 Å². The molecule has 1 fully saturated rings. The molecule has 0 unspecified atom stereocenters. The number of hydrogen-bond acceptors (Lipinski definition) is 7. The van der Waals surface area contributed by atoms with Gasteiger partial charge in [0.1, 0.15) is 12.0 Å². The second-order valence-corrected chi connectivity index (χ2v) is 5.47. The molecule has 0 radical (unpaired) electrons. The number of nitrogens with one attached hydrogen (secondary N) is 2. The lowest BCUT2D eigenvalue weighted by molar-refractivity contribution is 0.750. The van der Waals surface area contributed by atoms with Crippen LogP contribution in [0.3, 0.4) is 0 Å². The predicted octanol–water partition coefficient (Wildman–Crippen LogP) is 2.61. The fourth-order valence-corrected chi connectivity index (χ4v) is 2.79. The average Bonchev–Trinajstić information content (AvgIpc) is 3.07. The first-order chi connectivity index (χ1) is 9.33. The van der Waals surface area contributed by atoms with Gasteiger partial charge < -0.3 is 16.4 Å². The third-order valence-corrected chi connectivity index (χ3v) is 3.93. The van der Waals surface area contributed by atoms with Gasteiger partial charge in [-0.05, 0) is 12.8 Å². The van der Waals surface area contributed by atoms with Gasteiger partial charge in [0.2, 0.25) is 0 Å². The molecular weight excluding hydrogens is 260 g/mol. The fraction of sp³-hybridized carbons (Fsp3) is 0.417.